The number of aromatic nitrogens is 3. The van der Waals surface area contributed by atoms with E-state index in [1.807, 2.05) is 32.0 Å². The molecule has 0 aliphatic carbocycles. The van der Waals surface area contributed by atoms with Gasteiger partial charge in [0.1, 0.15) is 11.8 Å². The number of benzene rings is 1. The Morgan fingerprint density at radius 1 is 1.38 bits per heavy atom. The van der Waals surface area contributed by atoms with E-state index in [1.165, 1.54) is 0 Å². The van der Waals surface area contributed by atoms with Gasteiger partial charge in [0, 0.05) is 43.0 Å². The number of nitrogens with one attached hydrogen (secondary N) is 2. The van der Waals surface area contributed by atoms with Crippen LogP contribution in [0.4, 0.5) is 17.3 Å². The van der Waals surface area contributed by atoms with Crippen molar-refractivity contribution in [1.29, 1.82) is 5.26 Å². The Labute approximate surface area is 202 Å². The van der Waals surface area contributed by atoms with E-state index in [-0.39, 0.29) is 23.8 Å². The van der Waals surface area contributed by atoms with Crippen LogP contribution in [-0.4, -0.2) is 58.3 Å². The van der Waals surface area contributed by atoms with Gasteiger partial charge in [-0.3, -0.25) is 4.79 Å². The highest BCUT2D eigenvalue weighted by molar-refractivity contribution is 6.30. The topological polar surface area (TPSA) is 119 Å². The molecule has 4 rings (SSSR count). The van der Waals surface area contributed by atoms with Gasteiger partial charge in [-0.1, -0.05) is 18.5 Å². The molecule has 3 N–H and O–H groups in total. The van der Waals surface area contributed by atoms with Gasteiger partial charge in [0.25, 0.3) is 5.56 Å². The SMILES string of the molecule is CN(C)CCn1cc(Cl)cc(Nc2nccc(-c3cc(C#N)c4c(c3)[C@@](C)(CO)CN4)n2)c1=O. The molecule has 10 heteroatoms. The van der Waals surface area contributed by atoms with Crippen molar-refractivity contribution in [3.63, 3.8) is 0 Å². The first kappa shape index (κ1) is 23.7. The smallest absolute Gasteiger partial charge is 0.274 e. The van der Waals surface area contributed by atoms with Crippen LogP contribution in [-0.2, 0) is 12.0 Å². The molecule has 0 radical (unpaired) electrons. The fourth-order valence-electron chi connectivity index (χ4n) is 3.93. The lowest BCUT2D eigenvalue weighted by molar-refractivity contribution is 0.219. The summed E-state index contributed by atoms with van der Waals surface area (Å²) < 4.78 is 1.55. The van der Waals surface area contributed by atoms with Crippen LogP contribution in [0.2, 0.25) is 5.02 Å². The lowest BCUT2D eigenvalue weighted by Crippen LogP contribution is -2.28. The maximum Gasteiger partial charge on any atom is 0.274 e. The number of rotatable bonds is 7. The molecule has 0 bridgehead atoms. The number of anilines is 3. The second kappa shape index (κ2) is 9.43. The lowest BCUT2D eigenvalue weighted by Gasteiger charge is -2.21. The first-order valence-electron chi connectivity index (χ1n) is 10.8. The summed E-state index contributed by atoms with van der Waals surface area (Å²) in [4.78, 5) is 23.7. The van der Waals surface area contributed by atoms with E-state index < -0.39 is 5.41 Å². The molecule has 3 heterocycles. The van der Waals surface area contributed by atoms with Crippen LogP contribution in [0.1, 0.15) is 18.1 Å². The molecule has 34 heavy (non-hydrogen) atoms. The van der Waals surface area contributed by atoms with Crippen molar-refractivity contribution >= 4 is 28.9 Å². The van der Waals surface area contributed by atoms with Gasteiger partial charge >= 0.3 is 0 Å². The minimum atomic E-state index is -0.497. The van der Waals surface area contributed by atoms with Crippen LogP contribution >= 0.6 is 11.6 Å². The van der Waals surface area contributed by atoms with Gasteiger partial charge in [-0.25, -0.2) is 9.97 Å². The monoisotopic (exact) mass is 479 g/mol. The van der Waals surface area contributed by atoms with E-state index in [9.17, 15) is 15.2 Å². The average molecular weight is 480 g/mol. The fraction of sp³-hybridized carbons (Fsp3) is 0.333. The van der Waals surface area contributed by atoms with Crippen LogP contribution in [0, 0.1) is 11.3 Å². The Morgan fingerprint density at radius 3 is 2.88 bits per heavy atom. The summed E-state index contributed by atoms with van der Waals surface area (Å²) in [6.45, 7) is 3.62. The van der Waals surface area contributed by atoms with Crippen molar-refractivity contribution in [2.24, 2.45) is 0 Å². The Hall–Kier alpha value is -3.45. The second-order valence-electron chi connectivity index (χ2n) is 8.89. The molecular formula is C24H26ClN7O2. The molecular weight excluding hydrogens is 454 g/mol. The molecule has 1 aliphatic rings. The molecule has 1 aromatic carbocycles. The summed E-state index contributed by atoms with van der Waals surface area (Å²) in [6, 6.07) is 9.21. The lowest BCUT2D eigenvalue weighted by atomic mass is 9.83. The number of nitriles is 1. The maximum atomic E-state index is 12.9. The Kier molecular flexibility index (Phi) is 6.57. The maximum absolute atomic E-state index is 12.9. The van der Waals surface area contributed by atoms with Crippen LogP contribution in [0.3, 0.4) is 0 Å². The van der Waals surface area contributed by atoms with Gasteiger partial charge in [-0.2, -0.15) is 5.26 Å². The molecule has 176 valence electrons. The van der Waals surface area contributed by atoms with Crippen LogP contribution in [0.25, 0.3) is 11.3 Å². The predicted octanol–water partition coefficient (Wildman–Crippen LogP) is 2.81. The number of aliphatic hydroxyl groups is 1. The van der Waals surface area contributed by atoms with Crippen molar-refractivity contribution < 1.29 is 5.11 Å². The van der Waals surface area contributed by atoms with Crippen molar-refractivity contribution in [2.75, 3.05) is 44.4 Å². The zero-order valence-electron chi connectivity index (χ0n) is 19.3. The van der Waals surface area contributed by atoms with Crippen molar-refractivity contribution in [1.82, 2.24) is 19.4 Å². The first-order chi connectivity index (χ1) is 16.2. The second-order valence-corrected chi connectivity index (χ2v) is 9.33. The molecule has 0 saturated heterocycles. The zero-order valence-corrected chi connectivity index (χ0v) is 20.0. The Balaban J connectivity index is 1.69. The van der Waals surface area contributed by atoms with Crippen LogP contribution < -0.4 is 16.2 Å². The van der Waals surface area contributed by atoms with E-state index in [4.69, 9.17) is 11.6 Å². The summed E-state index contributed by atoms with van der Waals surface area (Å²) in [7, 11) is 3.87. The minimum absolute atomic E-state index is 0.0488. The molecule has 0 unspecified atom stereocenters. The van der Waals surface area contributed by atoms with Gasteiger partial charge in [-0.05, 0) is 43.9 Å². The highest BCUT2D eigenvalue weighted by atomic mass is 35.5. The van der Waals surface area contributed by atoms with Crippen LogP contribution in [0.5, 0.6) is 0 Å². The minimum Gasteiger partial charge on any atom is -0.395 e. The van der Waals surface area contributed by atoms with E-state index in [0.29, 0.717) is 35.9 Å². The number of fused-ring (bicyclic) bond motifs is 1. The number of halogens is 1. The van der Waals surface area contributed by atoms with Crippen molar-refractivity contribution in [2.45, 2.75) is 18.9 Å². The van der Waals surface area contributed by atoms with Crippen molar-refractivity contribution in [3.8, 4) is 17.3 Å². The molecule has 1 aliphatic heterocycles. The number of nitrogens with zero attached hydrogens (tertiary/aromatic N) is 5. The molecule has 0 saturated carbocycles. The third-order valence-electron chi connectivity index (χ3n) is 5.95. The number of hydrogen-bond donors (Lipinski definition) is 3. The number of pyridine rings is 1. The Bertz CT molecular complexity index is 1330. The van der Waals surface area contributed by atoms with Gasteiger partial charge in [-0.15, -0.1) is 0 Å². The predicted molar refractivity (Wildman–Crippen MR) is 133 cm³/mol. The standard InChI is InChI=1S/C24H26ClN7O2/c1-24(14-33)13-28-21-16(11-26)8-15(9-18(21)24)19-4-5-27-23(29-19)30-20-10-17(25)12-32(22(20)34)7-6-31(2)3/h4-5,8-10,12,28,33H,6-7,13-14H2,1-3H3,(H,27,29,30)/t24-/m1/s1. The Morgan fingerprint density at radius 2 is 2.18 bits per heavy atom. The zero-order chi connectivity index (χ0) is 24.5. The van der Waals surface area contributed by atoms with E-state index in [1.54, 1.807) is 35.2 Å². The molecule has 0 fully saturated rings. The van der Waals surface area contributed by atoms with Gasteiger partial charge in [0.15, 0.2) is 0 Å². The van der Waals surface area contributed by atoms with E-state index in [0.717, 1.165) is 16.8 Å². The van der Waals surface area contributed by atoms with Gasteiger partial charge < -0.3 is 25.2 Å². The summed E-state index contributed by atoms with van der Waals surface area (Å²) in [5.74, 6) is 0.234. The normalized spacial score (nSPS) is 16.7. The molecule has 1 atom stereocenters. The first-order valence-corrected chi connectivity index (χ1v) is 11.2. The quantitative estimate of drug-likeness (QED) is 0.473. The van der Waals surface area contributed by atoms with Crippen LogP contribution in [0.15, 0.2) is 41.5 Å². The van der Waals surface area contributed by atoms with Crippen molar-refractivity contribution in [3.05, 3.63) is 63.2 Å². The molecule has 3 aromatic rings. The van der Waals surface area contributed by atoms with E-state index in [2.05, 4.69) is 26.7 Å². The largest absolute Gasteiger partial charge is 0.395 e. The average Bonchev–Trinajstić information content (AvgIpc) is 3.17. The summed E-state index contributed by atoms with van der Waals surface area (Å²) in [5, 5.41) is 26.3. The van der Waals surface area contributed by atoms with Gasteiger partial charge in [0.2, 0.25) is 5.95 Å². The highest BCUT2D eigenvalue weighted by Gasteiger charge is 2.36. The third kappa shape index (κ3) is 4.61. The van der Waals surface area contributed by atoms with Gasteiger partial charge in [0.05, 0.1) is 28.6 Å². The van der Waals surface area contributed by atoms with E-state index >= 15 is 0 Å². The molecule has 9 nitrogen and oxygen atoms in total. The molecule has 0 amide bonds. The number of hydrogen-bond acceptors (Lipinski definition) is 8. The highest BCUT2D eigenvalue weighted by Crippen LogP contribution is 2.41. The summed E-state index contributed by atoms with van der Waals surface area (Å²) in [6.07, 6.45) is 3.19. The summed E-state index contributed by atoms with van der Waals surface area (Å²) in [5.41, 5.74) is 2.95. The molecule has 0 spiro atoms. The number of aliphatic hydroxyl groups excluding tert-OH is 1. The third-order valence-corrected chi connectivity index (χ3v) is 6.16. The summed E-state index contributed by atoms with van der Waals surface area (Å²) >= 11 is 6.25. The molecule has 2 aromatic heterocycles. The fourth-order valence-corrected chi connectivity index (χ4v) is 4.15. The number of likely N-dealkylation sites (N-methyl/N-ethyl adjacent to an activating group) is 1.